The number of aromatic hydroxyl groups is 1. The van der Waals surface area contributed by atoms with Crippen LogP contribution < -0.4 is 5.32 Å². The van der Waals surface area contributed by atoms with E-state index in [1.54, 1.807) is 6.92 Å². The lowest BCUT2D eigenvalue weighted by molar-refractivity contribution is -0.116. The van der Waals surface area contributed by atoms with Crippen molar-refractivity contribution in [2.24, 2.45) is 5.92 Å². The SMILES string of the molecule is Cc1c(Cl)cc(NC(=O)C(Br)C(C)C)c(O)c1Cl. The Labute approximate surface area is 125 Å². The summed E-state index contributed by atoms with van der Waals surface area (Å²) < 4.78 is 0. The number of carbonyl (C=O) groups excluding carboxylic acids is 1. The van der Waals surface area contributed by atoms with E-state index in [4.69, 9.17) is 23.2 Å². The van der Waals surface area contributed by atoms with E-state index in [1.807, 2.05) is 13.8 Å². The van der Waals surface area contributed by atoms with Gasteiger partial charge in [0.1, 0.15) is 0 Å². The Kier molecular flexibility index (Phi) is 5.32. The van der Waals surface area contributed by atoms with Crippen LogP contribution in [0.1, 0.15) is 19.4 Å². The number of hydrogen-bond donors (Lipinski definition) is 2. The van der Waals surface area contributed by atoms with Crippen molar-refractivity contribution >= 4 is 50.7 Å². The summed E-state index contributed by atoms with van der Waals surface area (Å²) >= 11 is 15.2. The Bertz CT molecular complexity index is 478. The monoisotopic (exact) mass is 353 g/mol. The van der Waals surface area contributed by atoms with Crippen molar-refractivity contribution in [1.82, 2.24) is 0 Å². The number of amides is 1. The van der Waals surface area contributed by atoms with Gasteiger partial charge in [0, 0.05) is 5.02 Å². The van der Waals surface area contributed by atoms with Crippen LogP contribution in [0.15, 0.2) is 6.07 Å². The average Bonchev–Trinajstić information content (AvgIpc) is 2.32. The maximum atomic E-state index is 11.9. The summed E-state index contributed by atoms with van der Waals surface area (Å²) in [5.74, 6) is -0.296. The van der Waals surface area contributed by atoms with Gasteiger partial charge in [0.2, 0.25) is 5.91 Å². The Morgan fingerprint density at radius 3 is 2.50 bits per heavy atom. The highest BCUT2D eigenvalue weighted by Gasteiger charge is 2.21. The summed E-state index contributed by atoms with van der Waals surface area (Å²) in [6.45, 7) is 5.51. The molecule has 1 rings (SSSR count). The first-order valence-corrected chi connectivity index (χ1v) is 7.05. The van der Waals surface area contributed by atoms with Crippen LogP contribution in [0, 0.1) is 12.8 Å². The van der Waals surface area contributed by atoms with Crippen molar-refractivity contribution < 1.29 is 9.90 Å². The van der Waals surface area contributed by atoms with Crippen LogP contribution in [0.3, 0.4) is 0 Å². The smallest absolute Gasteiger partial charge is 0.238 e. The lowest BCUT2D eigenvalue weighted by Gasteiger charge is -2.16. The van der Waals surface area contributed by atoms with Gasteiger partial charge >= 0.3 is 0 Å². The molecule has 0 heterocycles. The largest absolute Gasteiger partial charge is 0.504 e. The summed E-state index contributed by atoms with van der Waals surface area (Å²) in [5.41, 5.74) is 0.791. The molecular weight excluding hydrogens is 341 g/mol. The molecule has 0 radical (unpaired) electrons. The predicted molar refractivity (Wildman–Crippen MR) is 79.0 cm³/mol. The maximum absolute atomic E-state index is 11.9. The van der Waals surface area contributed by atoms with Crippen LogP contribution in [0.5, 0.6) is 5.75 Å². The van der Waals surface area contributed by atoms with E-state index in [2.05, 4.69) is 21.2 Å². The molecular formula is C12H14BrCl2NO2. The predicted octanol–water partition coefficient (Wildman–Crippen LogP) is 4.37. The molecule has 100 valence electrons. The topological polar surface area (TPSA) is 49.3 Å². The number of anilines is 1. The zero-order valence-corrected chi connectivity index (χ0v) is 13.3. The molecule has 0 aromatic heterocycles. The quantitative estimate of drug-likeness (QED) is 0.625. The molecule has 1 atom stereocenters. The highest BCUT2D eigenvalue weighted by atomic mass is 79.9. The number of phenols is 1. The number of nitrogens with one attached hydrogen (secondary N) is 1. The zero-order valence-electron chi connectivity index (χ0n) is 10.2. The number of benzene rings is 1. The molecule has 1 unspecified atom stereocenters. The molecule has 0 bridgehead atoms. The standard InChI is InChI=1S/C12H14BrCl2NO2/c1-5(2)9(13)12(18)16-8-4-7(14)6(3)10(15)11(8)17/h4-5,9,17H,1-3H3,(H,16,18). The number of carbonyl (C=O) groups is 1. The van der Waals surface area contributed by atoms with Gasteiger partial charge in [-0.25, -0.2) is 0 Å². The molecule has 1 amide bonds. The van der Waals surface area contributed by atoms with Crippen LogP contribution in [-0.2, 0) is 4.79 Å². The summed E-state index contributed by atoms with van der Waals surface area (Å²) in [5, 5.41) is 13.0. The van der Waals surface area contributed by atoms with Gasteiger partial charge in [0.05, 0.1) is 15.5 Å². The number of alkyl halides is 1. The van der Waals surface area contributed by atoms with E-state index >= 15 is 0 Å². The minimum absolute atomic E-state index is 0.128. The van der Waals surface area contributed by atoms with Crippen molar-refractivity contribution in [3.8, 4) is 5.75 Å². The Morgan fingerprint density at radius 2 is 2.00 bits per heavy atom. The molecule has 1 aromatic carbocycles. The summed E-state index contributed by atoms with van der Waals surface area (Å²) in [6, 6.07) is 1.48. The van der Waals surface area contributed by atoms with Crippen molar-refractivity contribution in [2.45, 2.75) is 25.6 Å². The van der Waals surface area contributed by atoms with E-state index in [0.29, 0.717) is 10.6 Å². The number of rotatable bonds is 3. The van der Waals surface area contributed by atoms with Gasteiger partial charge in [-0.2, -0.15) is 0 Å². The molecule has 0 aliphatic heterocycles. The Morgan fingerprint density at radius 1 is 1.44 bits per heavy atom. The van der Waals surface area contributed by atoms with Crippen LogP contribution in [0.4, 0.5) is 5.69 Å². The van der Waals surface area contributed by atoms with E-state index < -0.39 is 0 Å². The fourth-order valence-corrected chi connectivity index (χ4v) is 1.87. The van der Waals surface area contributed by atoms with Crippen molar-refractivity contribution in [3.05, 3.63) is 21.7 Å². The van der Waals surface area contributed by atoms with Gasteiger partial charge in [-0.05, 0) is 24.5 Å². The van der Waals surface area contributed by atoms with Gasteiger partial charge in [-0.1, -0.05) is 53.0 Å². The molecule has 0 aliphatic rings. The first-order valence-electron chi connectivity index (χ1n) is 5.38. The molecule has 0 spiro atoms. The van der Waals surface area contributed by atoms with Crippen LogP contribution in [0.2, 0.25) is 10.0 Å². The van der Waals surface area contributed by atoms with Crippen molar-refractivity contribution in [3.63, 3.8) is 0 Å². The third-order valence-corrected chi connectivity index (χ3v) is 4.84. The van der Waals surface area contributed by atoms with Gasteiger partial charge in [-0.15, -0.1) is 0 Å². The summed E-state index contributed by atoms with van der Waals surface area (Å²) in [7, 11) is 0. The molecule has 6 heteroatoms. The molecule has 0 saturated carbocycles. The highest BCUT2D eigenvalue weighted by Crippen LogP contribution is 2.39. The van der Waals surface area contributed by atoms with E-state index in [0.717, 1.165) is 0 Å². The lowest BCUT2D eigenvalue weighted by atomic mass is 10.1. The van der Waals surface area contributed by atoms with Crippen LogP contribution in [0.25, 0.3) is 0 Å². The first-order chi connectivity index (χ1) is 8.25. The minimum Gasteiger partial charge on any atom is -0.504 e. The van der Waals surface area contributed by atoms with Crippen LogP contribution in [-0.4, -0.2) is 15.8 Å². The highest BCUT2D eigenvalue weighted by molar-refractivity contribution is 9.10. The Balaban J connectivity index is 3.03. The molecule has 3 nitrogen and oxygen atoms in total. The second-order valence-corrected chi connectivity index (χ2v) is 6.10. The normalized spacial score (nSPS) is 12.6. The fourth-order valence-electron chi connectivity index (χ4n) is 1.30. The second kappa shape index (κ2) is 6.13. The number of halogens is 3. The molecule has 2 N–H and O–H groups in total. The van der Waals surface area contributed by atoms with E-state index in [1.165, 1.54) is 6.07 Å². The molecule has 18 heavy (non-hydrogen) atoms. The third-order valence-electron chi connectivity index (χ3n) is 2.52. The van der Waals surface area contributed by atoms with Gasteiger partial charge in [-0.3, -0.25) is 4.79 Å². The van der Waals surface area contributed by atoms with Gasteiger partial charge in [0.25, 0.3) is 0 Å². The van der Waals surface area contributed by atoms with Crippen molar-refractivity contribution in [2.75, 3.05) is 5.32 Å². The minimum atomic E-state index is -0.351. The summed E-state index contributed by atoms with van der Waals surface area (Å²) in [4.78, 5) is 11.5. The first kappa shape index (κ1) is 15.6. The molecule has 0 aliphatic carbocycles. The van der Waals surface area contributed by atoms with Gasteiger partial charge in [0.15, 0.2) is 5.75 Å². The molecule has 0 saturated heterocycles. The van der Waals surface area contributed by atoms with Crippen LogP contribution >= 0.6 is 39.1 Å². The second-order valence-electron chi connectivity index (χ2n) is 4.33. The average molecular weight is 355 g/mol. The third kappa shape index (κ3) is 3.31. The Hall–Kier alpha value is -0.450. The van der Waals surface area contributed by atoms with Gasteiger partial charge < -0.3 is 10.4 Å². The lowest BCUT2D eigenvalue weighted by Crippen LogP contribution is -2.27. The van der Waals surface area contributed by atoms with E-state index in [-0.39, 0.29) is 33.1 Å². The number of hydrogen-bond acceptors (Lipinski definition) is 2. The van der Waals surface area contributed by atoms with Crippen molar-refractivity contribution in [1.29, 1.82) is 0 Å². The summed E-state index contributed by atoms with van der Waals surface area (Å²) in [6.07, 6.45) is 0. The zero-order chi connectivity index (χ0) is 14.0. The number of phenolic OH excluding ortho intramolecular Hbond substituents is 1. The fraction of sp³-hybridized carbons (Fsp3) is 0.417. The van der Waals surface area contributed by atoms with E-state index in [9.17, 15) is 9.90 Å². The maximum Gasteiger partial charge on any atom is 0.238 e. The molecule has 1 aromatic rings. The molecule has 0 fully saturated rings.